The molecule has 0 aliphatic rings. The minimum Gasteiger partial charge on any atom is -0.449 e. The van der Waals surface area contributed by atoms with Crippen LogP contribution in [-0.4, -0.2) is 25.7 Å². The first-order valence-corrected chi connectivity index (χ1v) is 4.81. The van der Waals surface area contributed by atoms with E-state index in [-0.39, 0.29) is 6.61 Å². The Morgan fingerprint density at radius 2 is 2.17 bits per heavy atom. The Morgan fingerprint density at radius 3 is 2.58 bits per heavy atom. The fourth-order valence-corrected chi connectivity index (χ4v) is 0.714. The number of carbonyl (C=O) groups excluding carboxylic acids is 1. The normalized spacial score (nSPS) is 10.8. The summed E-state index contributed by atoms with van der Waals surface area (Å²) in [5.74, 6) is 0. The Kier molecular flexibility index (Phi) is 4.60. The summed E-state index contributed by atoms with van der Waals surface area (Å²) in [6, 6.07) is 0. The fourth-order valence-electron chi connectivity index (χ4n) is 0.444. The zero-order chi connectivity index (χ0) is 9.61. The summed E-state index contributed by atoms with van der Waals surface area (Å²) in [5.41, 5.74) is 0. The molecule has 0 saturated carbocycles. The van der Waals surface area contributed by atoms with E-state index in [9.17, 15) is 13.2 Å². The van der Waals surface area contributed by atoms with Gasteiger partial charge in [0.05, 0.1) is 6.61 Å². The smallest absolute Gasteiger partial charge is 0.422 e. The number of hydrogen-bond donors (Lipinski definition) is 2. The lowest BCUT2D eigenvalue weighted by molar-refractivity contribution is 0.150. The molecule has 0 fully saturated rings. The van der Waals surface area contributed by atoms with Gasteiger partial charge in [0.1, 0.15) is 0 Å². The molecule has 2 N–H and O–H groups in total. The molecule has 0 bridgehead atoms. The molecule has 7 heteroatoms. The summed E-state index contributed by atoms with van der Waals surface area (Å²) in [4.78, 5) is 10.5. The molecule has 72 valence electrons. The third-order valence-corrected chi connectivity index (χ3v) is 1.37. The van der Waals surface area contributed by atoms with Gasteiger partial charge in [0, 0.05) is 0 Å². The number of amides is 1. The minimum atomic E-state index is -4.49. The first kappa shape index (κ1) is 11.2. The van der Waals surface area contributed by atoms with E-state index in [4.69, 9.17) is 4.55 Å². The second kappa shape index (κ2) is 4.94. The number of unbranched alkanes of at least 4 members (excludes halogenated alkanes) is 1. The molecule has 0 heterocycles. The van der Waals surface area contributed by atoms with Crippen LogP contribution >= 0.6 is 0 Å². The van der Waals surface area contributed by atoms with E-state index in [0.29, 0.717) is 6.42 Å². The molecule has 0 radical (unpaired) electrons. The van der Waals surface area contributed by atoms with Crippen molar-refractivity contribution in [1.82, 2.24) is 4.72 Å². The number of nitrogens with one attached hydrogen (secondary N) is 1. The lowest BCUT2D eigenvalue weighted by Crippen LogP contribution is -2.30. The summed E-state index contributed by atoms with van der Waals surface area (Å²) < 4.78 is 33.8. The van der Waals surface area contributed by atoms with E-state index in [1.807, 2.05) is 6.92 Å². The van der Waals surface area contributed by atoms with Crippen LogP contribution in [0.15, 0.2) is 0 Å². The van der Waals surface area contributed by atoms with Gasteiger partial charge in [-0.15, -0.1) is 0 Å². The molecular weight excluding hydrogens is 186 g/mol. The van der Waals surface area contributed by atoms with Gasteiger partial charge in [-0.3, -0.25) is 4.55 Å². The molecule has 0 unspecified atom stereocenters. The van der Waals surface area contributed by atoms with Crippen molar-refractivity contribution >= 4 is 16.4 Å². The maximum absolute atomic E-state index is 10.5. The Balaban J connectivity index is 3.62. The SMILES string of the molecule is CCCCOC(=O)NS(=O)(=O)O. The summed E-state index contributed by atoms with van der Waals surface area (Å²) >= 11 is 0. The van der Waals surface area contributed by atoms with Gasteiger partial charge >= 0.3 is 16.4 Å². The Morgan fingerprint density at radius 1 is 1.58 bits per heavy atom. The fraction of sp³-hybridized carbons (Fsp3) is 0.800. The molecule has 0 aromatic rings. The van der Waals surface area contributed by atoms with Crippen LogP contribution in [0.2, 0.25) is 0 Å². The minimum absolute atomic E-state index is 0.137. The molecule has 0 aromatic heterocycles. The van der Waals surface area contributed by atoms with Gasteiger partial charge in [0.15, 0.2) is 0 Å². The predicted octanol–water partition coefficient (Wildman–Crippen LogP) is 0.316. The van der Waals surface area contributed by atoms with Crippen LogP contribution in [0.5, 0.6) is 0 Å². The predicted molar refractivity (Wildman–Crippen MR) is 40.9 cm³/mol. The van der Waals surface area contributed by atoms with E-state index < -0.39 is 16.4 Å². The molecule has 12 heavy (non-hydrogen) atoms. The summed E-state index contributed by atoms with van der Waals surface area (Å²) in [6.07, 6.45) is 0.323. The highest BCUT2D eigenvalue weighted by atomic mass is 32.2. The van der Waals surface area contributed by atoms with Crippen molar-refractivity contribution in [2.24, 2.45) is 0 Å². The quantitative estimate of drug-likeness (QED) is 0.500. The van der Waals surface area contributed by atoms with Crippen LogP contribution in [0.25, 0.3) is 0 Å². The summed E-state index contributed by atoms with van der Waals surface area (Å²) in [5, 5.41) is 0. The number of carbonyl (C=O) groups is 1. The molecule has 0 atom stereocenters. The van der Waals surface area contributed by atoms with Gasteiger partial charge in [-0.1, -0.05) is 13.3 Å². The monoisotopic (exact) mass is 197 g/mol. The molecule has 1 amide bonds. The average Bonchev–Trinajstić information content (AvgIpc) is 1.84. The Labute approximate surface area is 70.8 Å². The topological polar surface area (TPSA) is 92.7 Å². The van der Waals surface area contributed by atoms with Crippen LogP contribution in [0.4, 0.5) is 4.79 Å². The van der Waals surface area contributed by atoms with E-state index >= 15 is 0 Å². The van der Waals surface area contributed by atoms with Gasteiger partial charge in [0.2, 0.25) is 0 Å². The standard InChI is InChI=1S/C5H11NO5S/c1-2-3-4-11-5(7)6-12(8,9)10/h2-4H2,1H3,(H,6,7)(H,8,9,10). The van der Waals surface area contributed by atoms with Gasteiger partial charge < -0.3 is 4.74 Å². The molecule has 0 aromatic carbocycles. The summed E-state index contributed by atoms with van der Waals surface area (Å²) in [7, 11) is -4.49. The van der Waals surface area contributed by atoms with Crippen LogP contribution in [-0.2, 0) is 15.0 Å². The Hall–Kier alpha value is -0.820. The van der Waals surface area contributed by atoms with Crippen molar-refractivity contribution in [3.63, 3.8) is 0 Å². The highest BCUT2D eigenvalue weighted by molar-refractivity contribution is 7.84. The average molecular weight is 197 g/mol. The van der Waals surface area contributed by atoms with E-state index in [1.165, 1.54) is 4.72 Å². The molecule has 0 aliphatic carbocycles. The third kappa shape index (κ3) is 7.29. The highest BCUT2D eigenvalue weighted by Gasteiger charge is 2.09. The van der Waals surface area contributed by atoms with Gasteiger partial charge in [-0.2, -0.15) is 13.1 Å². The van der Waals surface area contributed by atoms with Crippen molar-refractivity contribution in [2.75, 3.05) is 6.61 Å². The molecule has 0 saturated heterocycles. The Bertz CT molecular complexity index is 234. The molecular formula is C5H11NO5S. The molecule has 0 aliphatic heterocycles. The highest BCUT2D eigenvalue weighted by Crippen LogP contribution is 1.88. The number of ether oxygens (including phenoxy) is 1. The van der Waals surface area contributed by atoms with Crippen molar-refractivity contribution in [1.29, 1.82) is 0 Å². The zero-order valence-electron chi connectivity index (χ0n) is 6.61. The van der Waals surface area contributed by atoms with E-state index in [0.717, 1.165) is 6.42 Å². The maximum atomic E-state index is 10.5. The van der Waals surface area contributed by atoms with Gasteiger partial charge in [-0.25, -0.2) is 4.79 Å². The lowest BCUT2D eigenvalue weighted by Gasteiger charge is -2.02. The third-order valence-electron chi connectivity index (χ3n) is 0.943. The largest absolute Gasteiger partial charge is 0.449 e. The van der Waals surface area contributed by atoms with Crippen LogP contribution in [0, 0.1) is 0 Å². The first-order chi connectivity index (χ1) is 5.45. The molecule has 6 nitrogen and oxygen atoms in total. The van der Waals surface area contributed by atoms with E-state index in [1.54, 1.807) is 0 Å². The maximum Gasteiger partial charge on any atom is 0.422 e. The zero-order valence-corrected chi connectivity index (χ0v) is 7.43. The van der Waals surface area contributed by atoms with Crippen LogP contribution < -0.4 is 4.72 Å². The van der Waals surface area contributed by atoms with Gasteiger partial charge in [0.25, 0.3) is 0 Å². The van der Waals surface area contributed by atoms with Crippen molar-refractivity contribution < 1.29 is 22.5 Å². The van der Waals surface area contributed by atoms with Gasteiger partial charge in [-0.05, 0) is 6.42 Å². The van der Waals surface area contributed by atoms with E-state index in [2.05, 4.69) is 4.74 Å². The summed E-state index contributed by atoms with van der Waals surface area (Å²) in [6.45, 7) is 2.03. The second-order valence-corrected chi connectivity index (χ2v) is 3.22. The lowest BCUT2D eigenvalue weighted by atomic mass is 10.4. The van der Waals surface area contributed by atoms with Crippen LogP contribution in [0.3, 0.4) is 0 Å². The molecule has 0 spiro atoms. The second-order valence-electron chi connectivity index (χ2n) is 2.07. The number of rotatable bonds is 4. The van der Waals surface area contributed by atoms with Crippen LogP contribution in [0.1, 0.15) is 19.8 Å². The van der Waals surface area contributed by atoms with Crippen molar-refractivity contribution in [2.45, 2.75) is 19.8 Å². The van der Waals surface area contributed by atoms with Crippen molar-refractivity contribution in [3.8, 4) is 0 Å². The van der Waals surface area contributed by atoms with Crippen molar-refractivity contribution in [3.05, 3.63) is 0 Å². The molecule has 0 rings (SSSR count). The first-order valence-electron chi connectivity index (χ1n) is 3.37. The number of hydrogen-bond acceptors (Lipinski definition) is 4.